The highest BCUT2D eigenvalue weighted by molar-refractivity contribution is 6.31. The molecule has 0 fully saturated rings. The Labute approximate surface area is 102 Å². The van der Waals surface area contributed by atoms with Gasteiger partial charge in [0.25, 0.3) is 0 Å². The van der Waals surface area contributed by atoms with Crippen molar-refractivity contribution in [3.8, 4) is 0 Å². The van der Waals surface area contributed by atoms with Gasteiger partial charge in [-0.05, 0) is 24.6 Å². The van der Waals surface area contributed by atoms with Crippen molar-refractivity contribution in [1.29, 1.82) is 0 Å². The largest absolute Gasteiger partial charge is 0.303 e. The minimum absolute atomic E-state index is 0.0603. The molecule has 1 atom stereocenters. The summed E-state index contributed by atoms with van der Waals surface area (Å²) in [4.78, 5) is 0. The van der Waals surface area contributed by atoms with Gasteiger partial charge in [-0.15, -0.1) is 10.2 Å². The topological polar surface area (TPSA) is 66.5 Å². The predicted molar refractivity (Wildman–Crippen MR) is 60.8 cm³/mol. The van der Waals surface area contributed by atoms with Crippen molar-refractivity contribution in [3.05, 3.63) is 40.4 Å². The maximum atomic E-state index is 12.8. The third-order valence-electron chi connectivity index (χ3n) is 2.36. The van der Waals surface area contributed by atoms with Crippen LogP contribution in [0.5, 0.6) is 0 Å². The highest BCUT2D eigenvalue weighted by Gasteiger charge is 2.10. The number of nitrogens with zero attached hydrogens (tertiary/aromatic N) is 3. The van der Waals surface area contributed by atoms with Gasteiger partial charge >= 0.3 is 0 Å². The average Bonchev–Trinajstić information content (AvgIpc) is 2.81. The number of halogens is 2. The van der Waals surface area contributed by atoms with E-state index in [0.29, 0.717) is 17.4 Å². The second-order valence-corrected chi connectivity index (χ2v) is 4.02. The molecule has 0 aliphatic carbocycles. The van der Waals surface area contributed by atoms with E-state index in [9.17, 15) is 4.39 Å². The normalized spacial score (nSPS) is 12.6. The third kappa shape index (κ3) is 2.98. The Balaban J connectivity index is 1.98. The smallest absolute Gasteiger partial charge is 0.191 e. The molecule has 1 unspecified atom stereocenters. The molecule has 0 aliphatic heterocycles. The second-order valence-electron chi connectivity index (χ2n) is 3.61. The molecular weight excluding hydrogens is 245 g/mol. The van der Waals surface area contributed by atoms with Crippen molar-refractivity contribution in [1.82, 2.24) is 25.9 Å². The lowest BCUT2D eigenvalue weighted by Crippen LogP contribution is -2.19. The third-order valence-corrected chi connectivity index (χ3v) is 2.71. The molecule has 2 rings (SSSR count). The van der Waals surface area contributed by atoms with E-state index < -0.39 is 0 Å². The van der Waals surface area contributed by atoms with E-state index in [2.05, 4.69) is 25.9 Å². The monoisotopic (exact) mass is 255 g/mol. The molecule has 0 amide bonds. The number of nitrogens with one attached hydrogen (secondary N) is 2. The molecule has 1 heterocycles. The zero-order chi connectivity index (χ0) is 12.3. The van der Waals surface area contributed by atoms with Crippen LogP contribution < -0.4 is 5.32 Å². The Morgan fingerprint density at radius 3 is 3.00 bits per heavy atom. The van der Waals surface area contributed by atoms with Gasteiger partial charge < -0.3 is 5.32 Å². The minimum Gasteiger partial charge on any atom is -0.303 e. The molecule has 5 nitrogen and oxygen atoms in total. The summed E-state index contributed by atoms with van der Waals surface area (Å²) in [7, 11) is 0. The fourth-order valence-electron chi connectivity index (χ4n) is 1.37. The lowest BCUT2D eigenvalue weighted by atomic mass is 10.2. The number of hydrogen-bond acceptors (Lipinski definition) is 4. The molecule has 2 N–H and O–H groups in total. The first-order chi connectivity index (χ1) is 8.16. The van der Waals surface area contributed by atoms with Crippen molar-refractivity contribution in [2.45, 2.75) is 19.5 Å². The SMILES string of the molecule is CC(NCc1ccc(F)cc1Cl)c1nn[nH]n1. The minimum atomic E-state index is -0.343. The van der Waals surface area contributed by atoms with Crippen LogP contribution in [0.15, 0.2) is 18.2 Å². The second kappa shape index (κ2) is 5.20. The van der Waals surface area contributed by atoms with Gasteiger partial charge in [0.2, 0.25) is 0 Å². The number of tetrazole rings is 1. The molecule has 0 saturated heterocycles. The van der Waals surface area contributed by atoms with Gasteiger partial charge in [-0.2, -0.15) is 5.21 Å². The van der Waals surface area contributed by atoms with Crippen LogP contribution in [0.2, 0.25) is 5.02 Å². The van der Waals surface area contributed by atoms with Gasteiger partial charge in [-0.3, -0.25) is 0 Å². The van der Waals surface area contributed by atoms with Gasteiger partial charge in [0, 0.05) is 11.6 Å². The molecule has 0 spiro atoms. The number of hydrogen-bond donors (Lipinski definition) is 2. The number of aromatic amines is 1. The van der Waals surface area contributed by atoms with Crippen LogP contribution in [0, 0.1) is 5.82 Å². The van der Waals surface area contributed by atoms with Crippen molar-refractivity contribution < 1.29 is 4.39 Å². The molecule has 0 aliphatic rings. The van der Waals surface area contributed by atoms with E-state index in [1.807, 2.05) is 6.92 Å². The van der Waals surface area contributed by atoms with Crippen molar-refractivity contribution >= 4 is 11.6 Å². The quantitative estimate of drug-likeness (QED) is 0.875. The molecule has 2 aromatic rings. The highest BCUT2D eigenvalue weighted by Crippen LogP contribution is 2.17. The van der Waals surface area contributed by atoms with E-state index in [1.165, 1.54) is 12.1 Å². The summed E-state index contributed by atoms with van der Waals surface area (Å²) in [5.74, 6) is 0.230. The predicted octanol–water partition coefficient (Wildman–Crippen LogP) is 1.84. The summed E-state index contributed by atoms with van der Waals surface area (Å²) < 4.78 is 12.8. The molecule has 1 aromatic heterocycles. The first kappa shape index (κ1) is 11.9. The lowest BCUT2D eigenvalue weighted by molar-refractivity contribution is 0.546. The maximum absolute atomic E-state index is 12.8. The van der Waals surface area contributed by atoms with Crippen LogP contribution in [0.1, 0.15) is 24.4 Å². The van der Waals surface area contributed by atoms with E-state index >= 15 is 0 Å². The van der Waals surface area contributed by atoms with Crippen molar-refractivity contribution in [2.24, 2.45) is 0 Å². The number of aromatic nitrogens is 4. The van der Waals surface area contributed by atoms with Crippen LogP contribution in [0.25, 0.3) is 0 Å². The summed E-state index contributed by atoms with van der Waals surface area (Å²) >= 11 is 5.91. The fraction of sp³-hybridized carbons (Fsp3) is 0.300. The summed E-state index contributed by atoms with van der Waals surface area (Å²) in [5, 5.41) is 17.2. The van der Waals surface area contributed by atoms with Crippen LogP contribution in [0.3, 0.4) is 0 Å². The summed E-state index contributed by atoms with van der Waals surface area (Å²) in [6.07, 6.45) is 0. The van der Waals surface area contributed by atoms with E-state index in [4.69, 9.17) is 11.6 Å². The zero-order valence-electron chi connectivity index (χ0n) is 9.11. The first-order valence-corrected chi connectivity index (χ1v) is 5.45. The maximum Gasteiger partial charge on any atom is 0.191 e. The molecular formula is C10H11ClFN5. The Kier molecular flexibility index (Phi) is 3.65. The van der Waals surface area contributed by atoms with E-state index in [0.717, 1.165) is 5.56 Å². The lowest BCUT2D eigenvalue weighted by Gasteiger charge is -2.10. The number of H-pyrrole nitrogens is 1. The summed E-state index contributed by atoms with van der Waals surface area (Å²) in [6.45, 7) is 2.41. The molecule has 0 radical (unpaired) electrons. The average molecular weight is 256 g/mol. The number of benzene rings is 1. The molecule has 7 heteroatoms. The number of rotatable bonds is 4. The van der Waals surface area contributed by atoms with Crippen LogP contribution in [0.4, 0.5) is 4.39 Å². The van der Waals surface area contributed by atoms with Gasteiger partial charge in [0.1, 0.15) is 5.82 Å². The van der Waals surface area contributed by atoms with Crippen molar-refractivity contribution in [3.63, 3.8) is 0 Å². The first-order valence-electron chi connectivity index (χ1n) is 5.07. The van der Waals surface area contributed by atoms with Crippen LogP contribution >= 0.6 is 11.6 Å². The summed E-state index contributed by atoms with van der Waals surface area (Å²) in [5.41, 5.74) is 0.823. The van der Waals surface area contributed by atoms with Crippen LogP contribution in [-0.4, -0.2) is 20.6 Å². The van der Waals surface area contributed by atoms with E-state index in [1.54, 1.807) is 6.07 Å². The molecule has 17 heavy (non-hydrogen) atoms. The molecule has 0 saturated carbocycles. The van der Waals surface area contributed by atoms with Crippen LogP contribution in [-0.2, 0) is 6.54 Å². The summed E-state index contributed by atoms with van der Waals surface area (Å²) in [6, 6.07) is 4.25. The molecule has 90 valence electrons. The molecule has 0 bridgehead atoms. The van der Waals surface area contributed by atoms with Gasteiger partial charge in [-0.1, -0.05) is 22.9 Å². The molecule has 1 aromatic carbocycles. The fourth-order valence-corrected chi connectivity index (χ4v) is 1.61. The Hall–Kier alpha value is -1.53. The van der Waals surface area contributed by atoms with Crippen molar-refractivity contribution in [2.75, 3.05) is 0 Å². The Bertz CT molecular complexity index is 487. The van der Waals surface area contributed by atoms with E-state index in [-0.39, 0.29) is 11.9 Å². The Morgan fingerprint density at radius 2 is 2.35 bits per heavy atom. The van der Waals surface area contributed by atoms with Gasteiger partial charge in [0.15, 0.2) is 5.82 Å². The Morgan fingerprint density at radius 1 is 1.53 bits per heavy atom. The zero-order valence-corrected chi connectivity index (χ0v) is 9.87. The van der Waals surface area contributed by atoms with Gasteiger partial charge in [0.05, 0.1) is 6.04 Å². The highest BCUT2D eigenvalue weighted by atomic mass is 35.5. The van der Waals surface area contributed by atoms with Gasteiger partial charge in [-0.25, -0.2) is 4.39 Å². The standard InChI is InChI=1S/C10H11ClFN5/c1-6(10-14-16-17-15-10)13-5-7-2-3-8(12)4-9(7)11/h2-4,6,13H,5H2,1H3,(H,14,15,16,17).